The third-order valence-corrected chi connectivity index (χ3v) is 4.38. The molecule has 0 bridgehead atoms. The number of anilines is 1. The summed E-state index contributed by atoms with van der Waals surface area (Å²) >= 11 is 0. The summed E-state index contributed by atoms with van der Waals surface area (Å²) in [7, 11) is 0. The summed E-state index contributed by atoms with van der Waals surface area (Å²) in [5.41, 5.74) is 0.942. The molecule has 0 spiro atoms. The van der Waals surface area contributed by atoms with Gasteiger partial charge in [-0.1, -0.05) is 12.1 Å². The van der Waals surface area contributed by atoms with Gasteiger partial charge in [0.2, 0.25) is 11.8 Å². The molecule has 1 aliphatic heterocycles. The number of hydrogen-bond acceptors (Lipinski definition) is 5. The van der Waals surface area contributed by atoms with Gasteiger partial charge in [-0.05, 0) is 23.8 Å². The van der Waals surface area contributed by atoms with Crippen molar-refractivity contribution < 1.29 is 9.59 Å². The predicted molar refractivity (Wildman–Crippen MR) is 98.3 cm³/mol. The molecule has 3 heterocycles. The molecule has 0 aromatic carbocycles. The SMILES string of the molecule is O=C(CCC(=O)N1CCN(c2ccccn2)CC1)NCc1cccnc1. The molecule has 1 N–H and O–H groups in total. The van der Waals surface area contributed by atoms with Gasteiger partial charge in [-0.2, -0.15) is 0 Å². The molecule has 0 atom stereocenters. The average molecular weight is 353 g/mol. The maximum Gasteiger partial charge on any atom is 0.223 e. The third-order valence-electron chi connectivity index (χ3n) is 4.38. The fourth-order valence-corrected chi connectivity index (χ4v) is 2.90. The zero-order chi connectivity index (χ0) is 18.2. The van der Waals surface area contributed by atoms with Crippen LogP contribution in [-0.2, 0) is 16.1 Å². The Hall–Kier alpha value is -2.96. The van der Waals surface area contributed by atoms with E-state index in [1.807, 2.05) is 35.2 Å². The fourth-order valence-electron chi connectivity index (χ4n) is 2.90. The van der Waals surface area contributed by atoms with E-state index >= 15 is 0 Å². The van der Waals surface area contributed by atoms with Gasteiger partial charge < -0.3 is 15.1 Å². The monoisotopic (exact) mass is 353 g/mol. The van der Waals surface area contributed by atoms with Crippen LogP contribution in [-0.4, -0.2) is 52.9 Å². The Kier molecular flexibility index (Phi) is 6.14. The minimum absolute atomic E-state index is 0.0298. The van der Waals surface area contributed by atoms with Gasteiger partial charge in [-0.3, -0.25) is 14.6 Å². The quantitative estimate of drug-likeness (QED) is 0.845. The minimum atomic E-state index is -0.116. The molecule has 1 aliphatic rings. The number of nitrogens with one attached hydrogen (secondary N) is 1. The average Bonchev–Trinajstić information content (AvgIpc) is 2.72. The molecule has 136 valence electrons. The highest BCUT2D eigenvalue weighted by Gasteiger charge is 2.22. The van der Waals surface area contributed by atoms with Crippen LogP contribution in [0.5, 0.6) is 0 Å². The first-order valence-electron chi connectivity index (χ1n) is 8.82. The summed E-state index contributed by atoms with van der Waals surface area (Å²) in [5, 5.41) is 2.82. The number of amides is 2. The highest BCUT2D eigenvalue weighted by Crippen LogP contribution is 2.13. The normalized spacial score (nSPS) is 14.2. The summed E-state index contributed by atoms with van der Waals surface area (Å²) in [5.74, 6) is 0.853. The van der Waals surface area contributed by atoms with Crippen LogP contribution in [0, 0.1) is 0 Å². The molecule has 7 nitrogen and oxygen atoms in total. The molecule has 0 aliphatic carbocycles. The summed E-state index contributed by atoms with van der Waals surface area (Å²) in [6.45, 7) is 3.27. The van der Waals surface area contributed by atoms with E-state index in [9.17, 15) is 9.59 Å². The van der Waals surface area contributed by atoms with Crippen LogP contribution in [0.3, 0.4) is 0 Å². The van der Waals surface area contributed by atoms with Gasteiger partial charge in [0.05, 0.1) is 0 Å². The van der Waals surface area contributed by atoms with Crippen molar-refractivity contribution >= 4 is 17.6 Å². The Bertz CT molecular complexity index is 715. The number of pyridine rings is 2. The lowest BCUT2D eigenvalue weighted by molar-refractivity contribution is -0.133. The van der Waals surface area contributed by atoms with Crippen LogP contribution in [0.15, 0.2) is 48.9 Å². The second-order valence-electron chi connectivity index (χ2n) is 6.19. The minimum Gasteiger partial charge on any atom is -0.353 e. The van der Waals surface area contributed by atoms with E-state index in [4.69, 9.17) is 0 Å². The Morgan fingerprint density at radius 1 is 1.00 bits per heavy atom. The van der Waals surface area contributed by atoms with E-state index < -0.39 is 0 Å². The number of hydrogen-bond donors (Lipinski definition) is 1. The number of carbonyl (C=O) groups excluding carboxylic acids is 2. The zero-order valence-electron chi connectivity index (χ0n) is 14.7. The van der Waals surface area contributed by atoms with E-state index in [0.717, 1.165) is 24.5 Å². The molecule has 1 fully saturated rings. The van der Waals surface area contributed by atoms with Gasteiger partial charge in [0.15, 0.2) is 0 Å². The molecular formula is C19H23N5O2. The lowest BCUT2D eigenvalue weighted by atomic mass is 10.2. The van der Waals surface area contributed by atoms with Crippen molar-refractivity contribution in [3.63, 3.8) is 0 Å². The highest BCUT2D eigenvalue weighted by molar-refractivity contribution is 5.83. The molecule has 0 unspecified atom stereocenters. The second-order valence-corrected chi connectivity index (χ2v) is 6.19. The zero-order valence-corrected chi connectivity index (χ0v) is 14.7. The third kappa shape index (κ3) is 5.02. The van der Waals surface area contributed by atoms with Crippen molar-refractivity contribution in [2.24, 2.45) is 0 Å². The van der Waals surface area contributed by atoms with Gasteiger partial charge in [0, 0.05) is 64.2 Å². The Morgan fingerprint density at radius 2 is 1.85 bits per heavy atom. The van der Waals surface area contributed by atoms with Gasteiger partial charge in [0.1, 0.15) is 5.82 Å². The van der Waals surface area contributed by atoms with E-state index in [1.54, 1.807) is 18.6 Å². The van der Waals surface area contributed by atoms with Gasteiger partial charge in [0.25, 0.3) is 0 Å². The lowest BCUT2D eigenvalue weighted by Gasteiger charge is -2.35. The van der Waals surface area contributed by atoms with Crippen molar-refractivity contribution in [1.82, 2.24) is 20.2 Å². The first kappa shape index (κ1) is 17.8. The van der Waals surface area contributed by atoms with Gasteiger partial charge in [-0.25, -0.2) is 4.98 Å². The maximum atomic E-state index is 12.3. The van der Waals surface area contributed by atoms with Gasteiger partial charge >= 0.3 is 0 Å². The number of aromatic nitrogens is 2. The smallest absolute Gasteiger partial charge is 0.223 e. The van der Waals surface area contributed by atoms with Crippen LogP contribution in [0.2, 0.25) is 0 Å². The summed E-state index contributed by atoms with van der Waals surface area (Å²) in [6.07, 6.45) is 5.63. The molecule has 7 heteroatoms. The second kappa shape index (κ2) is 8.94. The first-order valence-corrected chi connectivity index (χ1v) is 8.82. The van der Waals surface area contributed by atoms with Crippen LogP contribution >= 0.6 is 0 Å². The lowest BCUT2D eigenvalue weighted by Crippen LogP contribution is -2.49. The van der Waals surface area contributed by atoms with Crippen molar-refractivity contribution in [2.45, 2.75) is 19.4 Å². The number of rotatable bonds is 6. The molecule has 0 saturated carbocycles. The number of piperazine rings is 1. The van der Waals surface area contributed by atoms with Crippen LogP contribution in [0.4, 0.5) is 5.82 Å². The summed E-state index contributed by atoms with van der Waals surface area (Å²) in [6, 6.07) is 9.56. The predicted octanol–water partition coefficient (Wildman–Crippen LogP) is 1.22. The van der Waals surface area contributed by atoms with Crippen molar-refractivity contribution in [2.75, 3.05) is 31.1 Å². The number of carbonyl (C=O) groups is 2. The molecule has 26 heavy (non-hydrogen) atoms. The van der Waals surface area contributed by atoms with E-state index in [0.29, 0.717) is 19.6 Å². The van der Waals surface area contributed by atoms with Crippen molar-refractivity contribution in [3.05, 3.63) is 54.5 Å². The Balaban J connectivity index is 1.37. The van der Waals surface area contributed by atoms with E-state index in [1.165, 1.54) is 0 Å². The van der Waals surface area contributed by atoms with Gasteiger partial charge in [-0.15, -0.1) is 0 Å². The fraction of sp³-hybridized carbons (Fsp3) is 0.368. The van der Waals surface area contributed by atoms with Crippen molar-refractivity contribution in [1.29, 1.82) is 0 Å². The van der Waals surface area contributed by atoms with E-state index in [2.05, 4.69) is 20.2 Å². The molecule has 2 amide bonds. The standard InChI is InChI=1S/C19H23N5O2/c25-18(22-15-16-4-3-8-20-14-16)6-7-19(26)24-12-10-23(11-13-24)17-5-1-2-9-21-17/h1-5,8-9,14H,6-7,10-13,15H2,(H,22,25). The first-order chi connectivity index (χ1) is 12.7. The molecule has 3 rings (SSSR count). The van der Waals surface area contributed by atoms with Crippen molar-refractivity contribution in [3.8, 4) is 0 Å². The summed E-state index contributed by atoms with van der Waals surface area (Å²) in [4.78, 5) is 36.6. The largest absolute Gasteiger partial charge is 0.353 e. The van der Waals surface area contributed by atoms with Crippen LogP contribution in [0.25, 0.3) is 0 Å². The topological polar surface area (TPSA) is 78.4 Å². The van der Waals surface area contributed by atoms with E-state index in [-0.39, 0.29) is 24.7 Å². The summed E-state index contributed by atoms with van der Waals surface area (Å²) < 4.78 is 0. The Labute approximate surface area is 153 Å². The highest BCUT2D eigenvalue weighted by atomic mass is 16.2. The molecule has 1 saturated heterocycles. The number of nitrogens with zero attached hydrogens (tertiary/aromatic N) is 4. The molecular weight excluding hydrogens is 330 g/mol. The Morgan fingerprint density at radius 3 is 2.54 bits per heavy atom. The van der Waals surface area contributed by atoms with Crippen LogP contribution < -0.4 is 10.2 Å². The molecule has 2 aromatic rings. The molecule has 0 radical (unpaired) electrons. The van der Waals surface area contributed by atoms with Crippen LogP contribution in [0.1, 0.15) is 18.4 Å². The molecule has 2 aromatic heterocycles. The maximum absolute atomic E-state index is 12.3.